The molecule has 0 aromatic heterocycles. The zero-order chi connectivity index (χ0) is 19.2. The van der Waals surface area contributed by atoms with Crippen LogP contribution in [-0.2, 0) is 11.2 Å². The third-order valence-corrected chi connectivity index (χ3v) is 5.08. The van der Waals surface area contributed by atoms with Gasteiger partial charge in [0, 0.05) is 38.2 Å². The van der Waals surface area contributed by atoms with Crippen LogP contribution in [0.25, 0.3) is 0 Å². The van der Waals surface area contributed by atoms with E-state index in [1.165, 1.54) is 6.07 Å². The third-order valence-electron chi connectivity index (χ3n) is 5.08. The summed E-state index contributed by atoms with van der Waals surface area (Å²) in [5, 5.41) is 0. The summed E-state index contributed by atoms with van der Waals surface area (Å²) in [6, 6.07) is 14.1. The van der Waals surface area contributed by atoms with Crippen LogP contribution >= 0.6 is 0 Å². The van der Waals surface area contributed by atoms with Crippen LogP contribution in [0.5, 0.6) is 0 Å². The molecule has 0 bridgehead atoms. The van der Waals surface area contributed by atoms with Gasteiger partial charge in [-0.2, -0.15) is 0 Å². The van der Waals surface area contributed by atoms with Crippen molar-refractivity contribution in [2.75, 3.05) is 26.2 Å². The minimum absolute atomic E-state index is 0.0171. The summed E-state index contributed by atoms with van der Waals surface area (Å²) < 4.78 is 13.7. The van der Waals surface area contributed by atoms with E-state index in [2.05, 4.69) is 0 Å². The summed E-state index contributed by atoms with van der Waals surface area (Å²) in [5.41, 5.74) is 2.25. The maximum atomic E-state index is 13.7. The van der Waals surface area contributed by atoms with Gasteiger partial charge in [0.1, 0.15) is 5.82 Å². The number of hydrogen-bond acceptors (Lipinski definition) is 2. The number of nitrogens with zero attached hydrogens (tertiary/aromatic N) is 2. The molecule has 1 saturated heterocycles. The third kappa shape index (κ3) is 4.73. The predicted molar refractivity (Wildman–Crippen MR) is 103 cm³/mol. The Hall–Kier alpha value is -2.69. The number of benzene rings is 2. The lowest BCUT2D eigenvalue weighted by Gasteiger charge is -2.23. The molecule has 0 radical (unpaired) electrons. The van der Waals surface area contributed by atoms with E-state index in [0.29, 0.717) is 38.2 Å². The summed E-state index contributed by atoms with van der Waals surface area (Å²) in [6.07, 6.45) is 1.43. The predicted octanol–water partition coefficient (Wildman–Crippen LogP) is 3.44. The van der Waals surface area contributed by atoms with Crippen molar-refractivity contribution in [1.82, 2.24) is 9.80 Å². The molecule has 1 fully saturated rings. The Kier molecular flexibility index (Phi) is 6.22. The Labute approximate surface area is 159 Å². The minimum atomic E-state index is -0.267. The first-order valence-electron chi connectivity index (χ1n) is 9.42. The van der Waals surface area contributed by atoms with E-state index >= 15 is 0 Å². The molecular formula is C22H25FN2O2. The van der Waals surface area contributed by atoms with Crippen LogP contribution in [-0.4, -0.2) is 47.8 Å². The topological polar surface area (TPSA) is 40.6 Å². The molecule has 0 unspecified atom stereocenters. The molecule has 2 aromatic carbocycles. The lowest BCUT2D eigenvalue weighted by molar-refractivity contribution is -0.131. The Morgan fingerprint density at radius 1 is 0.926 bits per heavy atom. The highest BCUT2D eigenvalue weighted by atomic mass is 19.1. The molecule has 142 valence electrons. The van der Waals surface area contributed by atoms with Crippen molar-refractivity contribution in [3.05, 3.63) is 71.0 Å². The lowest BCUT2D eigenvalue weighted by Crippen LogP contribution is -2.37. The van der Waals surface area contributed by atoms with Gasteiger partial charge in [0.05, 0.1) is 0 Å². The molecule has 2 amide bonds. The smallest absolute Gasteiger partial charge is 0.254 e. The number of carbonyl (C=O) groups excluding carboxylic acids is 2. The van der Waals surface area contributed by atoms with Crippen LogP contribution in [0.15, 0.2) is 48.5 Å². The van der Waals surface area contributed by atoms with E-state index in [4.69, 9.17) is 0 Å². The Bertz CT molecular complexity index is 821. The van der Waals surface area contributed by atoms with Gasteiger partial charge in [-0.15, -0.1) is 0 Å². The van der Waals surface area contributed by atoms with Gasteiger partial charge in [-0.3, -0.25) is 9.59 Å². The van der Waals surface area contributed by atoms with E-state index in [-0.39, 0.29) is 24.1 Å². The minimum Gasteiger partial charge on any atom is -0.341 e. The van der Waals surface area contributed by atoms with Crippen LogP contribution in [0.4, 0.5) is 4.39 Å². The highest BCUT2D eigenvalue weighted by Crippen LogP contribution is 2.15. The molecule has 0 aliphatic carbocycles. The van der Waals surface area contributed by atoms with Gasteiger partial charge in [0.25, 0.3) is 5.91 Å². The van der Waals surface area contributed by atoms with Crippen molar-refractivity contribution in [1.29, 1.82) is 0 Å². The van der Waals surface area contributed by atoms with Gasteiger partial charge in [0.2, 0.25) is 5.91 Å². The van der Waals surface area contributed by atoms with Crippen molar-refractivity contribution in [3.8, 4) is 0 Å². The highest BCUT2D eigenvalue weighted by Gasteiger charge is 2.23. The molecule has 1 heterocycles. The van der Waals surface area contributed by atoms with Gasteiger partial charge in [-0.05, 0) is 43.0 Å². The molecule has 0 N–H and O–H groups in total. The first-order valence-corrected chi connectivity index (χ1v) is 9.42. The van der Waals surface area contributed by atoms with Gasteiger partial charge in [-0.25, -0.2) is 4.39 Å². The normalized spacial score (nSPS) is 14.7. The fourth-order valence-corrected chi connectivity index (χ4v) is 3.45. The molecule has 0 saturated carbocycles. The van der Waals surface area contributed by atoms with E-state index in [1.807, 2.05) is 36.1 Å². The Balaban J connectivity index is 1.56. The van der Waals surface area contributed by atoms with Crippen molar-refractivity contribution in [3.63, 3.8) is 0 Å². The van der Waals surface area contributed by atoms with Gasteiger partial charge in [0.15, 0.2) is 0 Å². The number of rotatable bonds is 4. The molecule has 27 heavy (non-hydrogen) atoms. The average molecular weight is 368 g/mol. The first kappa shape index (κ1) is 19.1. The van der Waals surface area contributed by atoms with Gasteiger partial charge in [-0.1, -0.05) is 36.4 Å². The number of aryl methyl sites for hydroxylation is 2. The molecule has 1 aliphatic heterocycles. The highest BCUT2D eigenvalue weighted by molar-refractivity contribution is 5.95. The van der Waals surface area contributed by atoms with Crippen LogP contribution in [0.3, 0.4) is 0 Å². The van der Waals surface area contributed by atoms with Crippen molar-refractivity contribution in [2.45, 2.75) is 26.2 Å². The van der Waals surface area contributed by atoms with E-state index in [9.17, 15) is 14.0 Å². The fraction of sp³-hybridized carbons (Fsp3) is 0.364. The number of halogens is 1. The maximum absolute atomic E-state index is 13.7. The van der Waals surface area contributed by atoms with Crippen molar-refractivity contribution < 1.29 is 14.0 Å². The van der Waals surface area contributed by atoms with E-state index < -0.39 is 0 Å². The molecule has 0 atom stereocenters. The monoisotopic (exact) mass is 368 g/mol. The maximum Gasteiger partial charge on any atom is 0.254 e. The Morgan fingerprint density at radius 3 is 2.37 bits per heavy atom. The van der Waals surface area contributed by atoms with Crippen LogP contribution in [0, 0.1) is 12.7 Å². The number of hydrogen-bond donors (Lipinski definition) is 0. The second kappa shape index (κ2) is 8.80. The van der Waals surface area contributed by atoms with Crippen LogP contribution < -0.4 is 0 Å². The molecule has 0 spiro atoms. The molecular weight excluding hydrogens is 343 g/mol. The number of amides is 2. The molecule has 3 rings (SSSR count). The SMILES string of the molecule is Cc1ccccc1C(=O)N1CCCN(C(=O)CCc2ccccc2F)CC1. The zero-order valence-corrected chi connectivity index (χ0v) is 15.7. The fourth-order valence-electron chi connectivity index (χ4n) is 3.45. The second-order valence-electron chi connectivity index (χ2n) is 6.93. The largest absolute Gasteiger partial charge is 0.341 e. The summed E-state index contributed by atoms with van der Waals surface area (Å²) >= 11 is 0. The van der Waals surface area contributed by atoms with Crippen LogP contribution in [0.1, 0.15) is 34.3 Å². The molecule has 4 nitrogen and oxygen atoms in total. The van der Waals surface area contributed by atoms with Crippen LogP contribution in [0.2, 0.25) is 0 Å². The average Bonchev–Trinajstić information content (AvgIpc) is 2.93. The summed E-state index contributed by atoms with van der Waals surface area (Å²) in [7, 11) is 0. The van der Waals surface area contributed by atoms with E-state index in [1.54, 1.807) is 23.1 Å². The Morgan fingerprint density at radius 2 is 1.59 bits per heavy atom. The first-order chi connectivity index (χ1) is 13.1. The number of carbonyl (C=O) groups is 2. The lowest BCUT2D eigenvalue weighted by atomic mass is 10.1. The zero-order valence-electron chi connectivity index (χ0n) is 15.7. The molecule has 5 heteroatoms. The van der Waals surface area contributed by atoms with Crippen molar-refractivity contribution >= 4 is 11.8 Å². The molecule has 1 aliphatic rings. The standard InChI is InChI=1S/C22H25FN2O2/c1-17-7-2-4-9-19(17)22(27)25-14-6-13-24(15-16-25)21(26)12-11-18-8-3-5-10-20(18)23/h2-5,7-10H,6,11-16H2,1H3. The van der Waals surface area contributed by atoms with Gasteiger partial charge < -0.3 is 9.80 Å². The molecule has 2 aromatic rings. The van der Waals surface area contributed by atoms with E-state index in [0.717, 1.165) is 17.5 Å². The summed E-state index contributed by atoms with van der Waals surface area (Å²) in [6.45, 7) is 4.26. The quantitative estimate of drug-likeness (QED) is 0.829. The van der Waals surface area contributed by atoms with Crippen molar-refractivity contribution in [2.24, 2.45) is 0 Å². The summed E-state index contributed by atoms with van der Waals surface area (Å²) in [4.78, 5) is 28.9. The second-order valence-corrected chi connectivity index (χ2v) is 6.93. The van der Waals surface area contributed by atoms with Gasteiger partial charge >= 0.3 is 0 Å². The summed E-state index contributed by atoms with van der Waals surface area (Å²) in [5.74, 6) is -0.228.